The van der Waals surface area contributed by atoms with Crippen molar-refractivity contribution >= 4 is 5.91 Å². The summed E-state index contributed by atoms with van der Waals surface area (Å²) in [6, 6.07) is 3.87. The first-order chi connectivity index (χ1) is 10.6. The second-order valence-corrected chi connectivity index (χ2v) is 6.03. The van der Waals surface area contributed by atoms with Crippen molar-refractivity contribution in [2.75, 3.05) is 7.05 Å². The molecule has 0 spiro atoms. The van der Waals surface area contributed by atoms with Crippen molar-refractivity contribution in [1.82, 2.24) is 19.9 Å². The van der Waals surface area contributed by atoms with E-state index in [0.717, 1.165) is 23.2 Å². The van der Waals surface area contributed by atoms with Crippen molar-refractivity contribution in [2.45, 2.75) is 26.8 Å². The van der Waals surface area contributed by atoms with E-state index in [1.54, 1.807) is 17.3 Å². The summed E-state index contributed by atoms with van der Waals surface area (Å²) in [7, 11) is 1.85. The first-order valence-corrected chi connectivity index (χ1v) is 7.54. The predicted molar refractivity (Wildman–Crippen MR) is 83.7 cm³/mol. The quantitative estimate of drug-likeness (QED) is 0.869. The Morgan fingerprint density at radius 1 is 1.36 bits per heavy atom. The number of pyridine rings is 1. The Morgan fingerprint density at radius 2 is 2.05 bits per heavy atom. The zero-order valence-electron chi connectivity index (χ0n) is 13.2. The number of aryl methyl sites for hydroxylation is 1. The molecule has 1 saturated carbocycles. The van der Waals surface area contributed by atoms with Gasteiger partial charge in [-0.2, -0.15) is 0 Å². The number of aromatic nitrogens is 3. The van der Waals surface area contributed by atoms with E-state index in [2.05, 4.69) is 21.9 Å². The molecule has 0 unspecified atom stereocenters. The van der Waals surface area contributed by atoms with E-state index in [1.165, 1.54) is 0 Å². The van der Waals surface area contributed by atoms with Gasteiger partial charge in [-0.15, -0.1) is 0 Å². The van der Waals surface area contributed by atoms with Crippen molar-refractivity contribution in [2.24, 2.45) is 11.8 Å². The Morgan fingerprint density at radius 3 is 2.68 bits per heavy atom. The van der Waals surface area contributed by atoms with E-state index in [0.29, 0.717) is 18.3 Å². The minimum absolute atomic E-state index is 0.192. The maximum atomic E-state index is 12.3. The fourth-order valence-corrected chi connectivity index (χ4v) is 2.66. The third-order valence-electron chi connectivity index (χ3n) is 4.17. The van der Waals surface area contributed by atoms with Crippen molar-refractivity contribution in [3.05, 3.63) is 42.2 Å². The van der Waals surface area contributed by atoms with Crippen molar-refractivity contribution in [1.29, 1.82) is 0 Å². The van der Waals surface area contributed by atoms with Crippen LogP contribution in [0.5, 0.6) is 0 Å². The van der Waals surface area contributed by atoms with Gasteiger partial charge >= 0.3 is 0 Å². The van der Waals surface area contributed by atoms with Crippen LogP contribution in [0.2, 0.25) is 0 Å². The van der Waals surface area contributed by atoms with Crippen LogP contribution in [0.25, 0.3) is 11.1 Å². The van der Waals surface area contributed by atoms with Crippen LogP contribution < -0.4 is 0 Å². The second-order valence-electron chi connectivity index (χ2n) is 6.03. The smallest absolute Gasteiger partial charge is 0.226 e. The molecule has 3 rings (SSSR count). The third-order valence-corrected chi connectivity index (χ3v) is 4.17. The first kappa shape index (κ1) is 14.6. The van der Waals surface area contributed by atoms with E-state index >= 15 is 0 Å². The molecular weight excluding hydrogens is 276 g/mol. The van der Waals surface area contributed by atoms with Gasteiger partial charge in [0.1, 0.15) is 5.82 Å². The zero-order chi connectivity index (χ0) is 15.7. The maximum absolute atomic E-state index is 12.3. The minimum atomic E-state index is 0.192. The summed E-state index contributed by atoms with van der Waals surface area (Å²) in [5, 5.41) is 0. The molecule has 1 amide bonds. The molecule has 0 N–H and O–H groups in total. The Kier molecular flexibility index (Phi) is 3.88. The van der Waals surface area contributed by atoms with Crippen molar-refractivity contribution < 1.29 is 4.79 Å². The maximum Gasteiger partial charge on any atom is 0.226 e. The summed E-state index contributed by atoms with van der Waals surface area (Å²) in [5.41, 5.74) is 2.85. The van der Waals surface area contributed by atoms with Gasteiger partial charge in [-0.1, -0.05) is 6.92 Å². The van der Waals surface area contributed by atoms with Gasteiger partial charge in [0.15, 0.2) is 0 Å². The van der Waals surface area contributed by atoms with Crippen LogP contribution in [-0.2, 0) is 11.3 Å². The van der Waals surface area contributed by atoms with Crippen molar-refractivity contribution in [3.63, 3.8) is 0 Å². The Bertz CT molecular complexity index is 686. The number of carbonyl (C=O) groups is 1. The zero-order valence-corrected chi connectivity index (χ0v) is 13.2. The summed E-state index contributed by atoms with van der Waals surface area (Å²) in [5.74, 6) is 1.64. The molecule has 0 aliphatic heterocycles. The number of hydrogen-bond donors (Lipinski definition) is 0. The summed E-state index contributed by atoms with van der Waals surface area (Å²) < 4.78 is 0. The monoisotopic (exact) mass is 296 g/mol. The third kappa shape index (κ3) is 2.98. The highest BCUT2D eigenvalue weighted by Gasteiger charge is 2.40. The molecule has 5 nitrogen and oxygen atoms in total. The van der Waals surface area contributed by atoms with Gasteiger partial charge in [0.05, 0.1) is 12.2 Å². The molecule has 2 atom stereocenters. The Hall–Kier alpha value is -2.30. The van der Waals surface area contributed by atoms with Gasteiger partial charge in [0.2, 0.25) is 5.91 Å². The highest BCUT2D eigenvalue weighted by molar-refractivity contribution is 5.81. The van der Waals surface area contributed by atoms with Crippen LogP contribution in [-0.4, -0.2) is 32.8 Å². The van der Waals surface area contributed by atoms with Crippen molar-refractivity contribution in [3.8, 4) is 11.1 Å². The number of hydrogen-bond acceptors (Lipinski definition) is 4. The number of rotatable bonds is 4. The van der Waals surface area contributed by atoms with Crippen LogP contribution in [0.15, 0.2) is 30.7 Å². The molecule has 2 heterocycles. The largest absolute Gasteiger partial charge is 0.340 e. The standard InChI is InChI=1S/C17H20N4O/c1-11-8-14(11)17(22)21(3)10-16-15(9-19-12(2)20-16)13-4-6-18-7-5-13/h4-7,9,11,14H,8,10H2,1-3H3/t11-,14+/m1/s1. The van der Waals surface area contributed by atoms with Crippen LogP contribution in [0.3, 0.4) is 0 Å². The molecule has 2 aromatic rings. The second kappa shape index (κ2) is 5.83. The summed E-state index contributed by atoms with van der Waals surface area (Å²) in [4.78, 5) is 27.0. The van der Waals surface area contributed by atoms with Gasteiger partial charge in [-0.05, 0) is 37.0 Å². The van der Waals surface area contributed by atoms with Gasteiger partial charge < -0.3 is 4.90 Å². The number of nitrogens with zero attached hydrogens (tertiary/aromatic N) is 4. The lowest BCUT2D eigenvalue weighted by Crippen LogP contribution is -2.28. The first-order valence-electron chi connectivity index (χ1n) is 7.54. The van der Waals surface area contributed by atoms with E-state index < -0.39 is 0 Å². The molecule has 0 radical (unpaired) electrons. The van der Waals surface area contributed by atoms with E-state index in [1.807, 2.05) is 32.3 Å². The van der Waals surface area contributed by atoms with E-state index in [9.17, 15) is 4.79 Å². The predicted octanol–water partition coefficient (Wildman–Crippen LogP) is 2.46. The summed E-state index contributed by atoms with van der Waals surface area (Å²) in [6.07, 6.45) is 6.33. The van der Waals surface area contributed by atoms with Gasteiger partial charge in [-0.25, -0.2) is 9.97 Å². The molecular formula is C17H20N4O. The van der Waals surface area contributed by atoms with Gasteiger partial charge in [0.25, 0.3) is 0 Å². The molecule has 114 valence electrons. The molecule has 1 aliphatic carbocycles. The van der Waals surface area contributed by atoms with Crippen LogP contribution >= 0.6 is 0 Å². The Labute approximate surface area is 130 Å². The fourth-order valence-electron chi connectivity index (χ4n) is 2.66. The molecule has 0 bridgehead atoms. The van der Waals surface area contributed by atoms with E-state index in [-0.39, 0.29) is 11.8 Å². The average molecular weight is 296 g/mol. The van der Waals surface area contributed by atoms with Crippen LogP contribution in [0, 0.1) is 18.8 Å². The highest BCUT2D eigenvalue weighted by atomic mass is 16.2. The summed E-state index contributed by atoms with van der Waals surface area (Å²) in [6.45, 7) is 4.49. The van der Waals surface area contributed by atoms with Crippen LogP contribution in [0.1, 0.15) is 24.9 Å². The average Bonchev–Trinajstić information content (AvgIpc) is 3.24. The lowest BCUT2D eigenvalue weighted by atomic mass is 10.1. The molecule has 0 aromatic carbocycles. The number of carbonyl (C=O) groups excluding carboxylic acids is 1. The molecule has 5 heteroatoms. The Balaban J connectivity index is 1.86. The molecule has 1 fully saturated rings. The van der Waals surface area contributed by atoms with E-state index in [4.69, 9.17) is 0 Å². The van der Waals surface area contributed by atoms with Gasteiger partial charge in [-0.3, -0.25) is 9.78 Å². The lowest BCUT2D eigenvalue weighted by Gasteiger charge is -2.19. The molecule has 0 saturated heterocycles. The topological polar surface area (TPSA) is 59.0 Å². The minimum Gasteiger partial charge on any atom is -0.340 e. The molecule has 1 aliphatic rings. The lowest BCUT2D eigenvalue weighted by molar-refractivity contribution is -0.132. The fraction of sp³-hybridized carbons (Fsp3) is 0.412. The summed E-state index contributed by atoms with van der Waals surface area (Å²) >= 11 is 0. The normalized spacial score (nSPS) is 19.8. The SMILES string of the molecule is Cc1ncc(-c2ccncc2)c(CN(C)C(=O)[C@H]2C[C@H]2C)n1. The van der Waals surface area contributed by atoms with Gasteiger partial charge in [0, 0.05) is 37.1 Å². The number of amides is 1. The van der Waals surface area contributed by atoms with Crippen LogP contribution in [0.4, 0.5) is 0 Å². The molecule has 22 heavy (non-hydrogen) atoms. The molecule has 2 aromatic heterocycles. The highest BCUT2D eigenvalue weighted by Crippen LogP contribution is 2.39.